The molecule has 0 atom stereocenters. The van der Waals surface area contributed by atoms with Gasteiger partial charge in [0, 0.05) is 19.1 Å². The second-order valence-electron chi connectivity index (χ2n) is 8.46. The molecule has 0 radical (unpaired) electrons. The number of aliphatic hydroxyl groups is 1. The van der Waals surface area contributed by atoms with Crippen LogP contribution in [0.5, 0.6) is 0 Å². The molecule has 0 unspecified atom stereocenters. The Bertz CT molecular complexity index is 975. The number of aliphatic hydroxyl groups excluding tert-OH is 1. The van der Waals surface area contributed by atoms with Crippen LogP contribution in [0.25, 0.3) is 0 Å². The molecule has 0 saturated heterocycles. The van der Waals surface area contributed by atoms with Crippen molar-refractivity contribution in [2.24, 2.45) is 0 Å². The van der Waals surface area contributed by atoms with Crippen LogP contribution in [0.15, 0.2) is 48.5 Å². The summed E-state index contributed by atoms with van der Waals surface area (Å²) in [6.45, 7) is 8.03. The molecule has 6 heteroatoms. The van der Waals surface area contributed by atoms with E-state index in [1.165, 1.54) is 5.56 Å². The zero-order valence-corrected chi connectivity index (χ0v) is 19.9. The Hall–Kier alpha value is -2.31. The minimum Gasteiger partial charge on any atom is -0.389 e. The monoisotopic (exact) mass is 446 g/mol. The molecule has 0 heterocycles. The van der Waals surface area contributed by atoms with Crippen LogP contribution < -0.4 is 0 Å². The number of carbonyl (C=O) groups is 2. The smallest absolute Gasteiger partial charge is 0.162 e. The van der Waals surface area contributed by atoms with Gasteiger partial charge in [0.1, 0.15) is 12.4 Å². The predicted octanol–water partition coefficient (Wildman–Crippen LogP) is 3.88. The number of sulfone groups is 1. The maximum Gasteiger partial charge on any atom is 0.162 e. The second kappa shape index (κ2) is 12.5. The summed E-state index contributed by atoms with van der Waals surface area (Å²) in [5, 5.41) is 8.63. The molecule has 0 aliphatic rings. The molecule has 0 fully saturated rings. The molecule has 0 amide bonds. The number of rotatable bonds is 9. The fourth-order valence-electron chi connectivity index (χ4n) is 2.98. The van der Waals surface area contributed by atoms with Crippen LogP contribution in [0.2, 0.25) is 0 Å². The molecule has 2 aromatic carbocycles. The minimum atomic E-state index is -3.22. The highest BCUT2D eigenvalue weighted by Gasteiger charge is 2.12. The van der Waals surface area contributed by atoms with Crippen molar-refractivity contribution in [1.29, 1.82) is 0 Å². The van der Waals surface area contributed by atoms with Gasteiger partial charge in [0.2, 0.25) is 0 Å². The fraction of sp³-hybridized carbons (Fsp3) is 0.440. The highest BCUT2D eigenvalue weighted by atomic mass is 32.2. The molecule has 2 aromatic rings. The summed E-state index contributed by atoms with van der Waals surface area (Å²) in [5.41, 5.74) is 4.25. The zero-order valence-electron chi connectivity index (χ0n) is 19.1. The first-order valence-electron chi connectivity index (χ1n) is 10.4. The summed E-state index contributed by atoms with van der Waals surface area (Å²) >= 11 is 0. The number of benzene rings is 2. The van der Waals surface area contributed by atoms with Crippen molar-refractivity contribution < 1.29 is 23.1 Å². The summed E-state index contributed by atoms with van der Waals surface area (Å²) in [6, 6.07) is 15.7. The van der Waals surface area contributed by atoms with E-state index in [1.807, 2.05) is 42.5 Å². The topological polar surface area (TPSA) is 88.5 Å². The van der Waals surface area contributed by atoms with Crippen molar-refractivity contribution in [1.82, 2.24) is 0 Å². The normalized spacial score (nSPS) is 11.2. The van der Waals surface area contributed by atoms with E-state index in [1.54, 1.807) is 0 Å². The number of ketones is 2. The maximum atomic E-state index is 11.5. The molecule has 0 aromatic heterocycles. The van der Waals surface area contributed by atoms with Gasteiger partial charge in [-0.1, -0.05) is 76.2 Å². The largest absolute Gasteiger partial charge is 0.389 e. The fourth-order valence-corrected chi connectivity index (χ4v) is 3.67. The van der Waals surface area contributed by atoms with Gasteiger partial charge in [-0.15, -0.1) is 0 Å². The summed E-state index contributed by atoms with van der Waals surface area (Å²) in [5.74, 6) is 0.109. The highest BCUT2D eigenvalue weighted by molar-refractivity contribution is 7.91. The number of carbonyl (C=O) groups excluding carboxylic acids is 2. The Morgan fingerprint density at radius 3 is 1.58 bits per heavy atom. The minimum absolute atomic E-state index is 0.133. The molecule has 1 N–H and O–H groups in total. The van der Waals surface area contributed by atoms with Crippen molar-refractivity contribution in [3.8, 4) is 0 Å². The lowest BCUT2D eigenvalue weighted by molar-refractivity contribution is -0.121. The first-order chi connectivity index (χ1) is 14.4. The summed E-state index contributed by atoms with van der Waals surface area (Å²) in [7, 11) is -3.22. The van der Waals surface area contributed by atoms with E-state index in [4.69, 9.17) is 5.11 Å². The Morgan fingerprint density at radius 1 is 0.806 bits per heavy atom. The lowest BCUT2D eigenvalue weighted by Gasteiger charge is -2.07. The van der Waals surface area contributed by atoms with Crippen LogP contribution in [0.4, 0.5) is 0 Å². The van der Waals surface area contributed by atoms with E-state index in [9.17, 15) is 18.0 Å². The van der Waals surface area contributed by atoms with Gasteiger partial charge in [0.05, 0.1) is 0 Å². The molecule has 0 bridgehead atoms. The van der Waals surface area contributed by atoms with Gasteiger partial charge in [-0.25, -0.2) is 8.42 Å². The average Bonchev–Trinajstić information content (AvgIpc) is 2.67. The molecule has 170 valence electrons. The van der Waals surface area contributed by atoms with Crippen molar-refractivity contribution in [2.75, 3.05) is 18.6 Å². The van der Waals surface area contributed by atoms with Crippen LogP contribution in [-0.4, -0.2) is 43.7 Å². The molecule has 31 heavy (non-hydrogen) atoms. The van der Waals surface area contributed by atoms with Gasteiger partial charge in [0.15, 0.2) is 21.4 Å². The molecule has 2 rings (SSSR count). The Labute approximate surface area is 186 Å². The molecular weight excluding hydrogens is 412 g/mol. The SMILES string of the molecule is CC(C)c1cccc(CC(=O)CO)c1.CC(C)c1cccc(CC(=O)CS(C)(=O)=O)c1. The number of hydrogen-bond acceptors (Lipinski definition) is 5. The molecule has 5 nitrogen and oxygen atoms in total. The van der Waals surface area contributed by atoms with Crippen molar-refractivity contribution in [2.45, 2.75) is 52.4 Å². The van der Waals surface area contributed by atoms with Crippen LogP contribution in [0.3, 0.4) is 0 Å². The third-order valence-corrected chi connectivity index (χ3v) is 5.48. The summed E-state index contributed by atoms with van der Waals surface area (Å²) < 4.78 is 22.0. The first kappa shape index (κ1) is 26.7. The third-order valence-electron chi connectivity index (χ3n) is 4.64. The van der Waals surface area contributed by atoms with Gasteiger partial charge in [-0.3, -0.25) is 9.59 Å². The van der Waals surface area contributed by atoms with Crippen LogP contribution >= 0.6 is 0 Å². The highest BCUT2D eigenvalue weighted by Crippen LogP contribution is 2.17. The van der Waals surface area contributed by atoms with Gasteiger partial charge >= 0.3 is 0 Å². The quantitative estimate of drug-likeness (QED) is 0.631. The van der Waals surface area contributed by atoms with Gasteiger partial charge in [-0.2, -0.15) is 0 Å². The molecular formula is C25H34O5S. The number of hydrogen-bond donors (Lipinski definition) is 1. The first-order valence-corrected chi connectivity index (χ1v) is 12.5. The molecule has 0 saturated carbocycles. The third kappa shape index (κ3) is 11.0. The standard InChI is InChI=1S/C13H18O3S.C12H16O2/c1-10(2)12-6-4-5-11(7-12)8-13(14)9-17(3,15)16;1-9(2)11-5-3-4-10(6-11)7-12(14)8-13/h4-7,10H,8-9H2,1-3H3;3-6,9,13H,7-8H2,1-2H3. The second-order valence-corrected chi connectivity index (χ2v) is 10.6. The summed E-state index contributed by atoms with van der Waals surface area (Å²) in [4.78, 5) is 22.5. The van der Waals surface area contributed by atoms with E-state index in [0.717, 1.165) is 22.9 Å². The van der Waals surface area contributed by atoms with E-state index >= 15 is 0 Å². The summed E-state index contributed by atoms with van der Waals surface area (Å²) in [6.07, 6.45) is 1.60. The Kier molecular flexibility index (Phi) is 10.8. The predicted molar refractivity (Wildman–Crippen MR) is 125 cm³/mol. The van der Waals surface area contributed by atoms with Crippen molar-refractivity contribution >= 4 is 21.4 Å². The average molecular weight is 447 g/mol. The van der Waals surface area contributed by atoms with Crippen molar-refractivity contribution in [3.05, 3.63) is 70.8 Å². The maximum absolute atomic E-state index is 11.5. The van der Waals surface area contributed by atoms with Crippen molar-refractivity contribution in [3.63, 3.8) is 0 Å². The van der Waals surface area contributed by atoms with Gasteiger partial charge < -0.3 is 5.11 Å². The lowest BCUT2D eigenvalue weighted by atomic mass is 9.99. The van der Waals surface area contributed by atoms with E-state index in [-0.39, 0.29) is 30.3 Å². The molecule has 0 aliphatic carbocycles. The van der Waals surface area contributed by atoms with Crippen LogP contribution in [0.1, 0.15) is 61.8 Å². The Balaban J connectivity index is 0.000000316. The molecule has 0 spiro atoms. The zero-order chi connectivity index (χ0) is 23.6. The molecule has 0 aliphatic heterocycles. The van der Waals surface area contributed by atoms with Gasteiger partial charge in [-0.05, 0) is 34.1 Å². The van der Waals surface area contributed by atoms with Crippen LogP contribution in [0, 0.1) is 0 Å². The van der Waals surface area contributed by atoms with E-state index in [0.29, 0.717) is 18.3 Å². The Morgan fingerprint density at radius 2 is 1.23 bits per heavy atom. The van der Waals surface area contributed by atoms with E-state index in [2.05, 4.69) is 33.8 Å². The van der Waals surface area contributed by atoms with Gasteiger partial charge in [0.25, 0.3) is 0 Å². The number of Topliss-reactive ketones (excluding diaryl/α,β-unsaturated/α-hetero) is 2. The lowest BCUT2D eigenvalue weighted by Crippen LogP contribution is -2.16. The van der Waals surface area contributed by atoms with E-state index < -0.39 is 9.84 Å². The van der Waals surface area contributed by atoms with Crippen LogP contribution in [-0.2, 0) is 32.3 Å².